The Morgan fingerprint density at radius 1 is 1.16 bits per heavy atom. The van der Waals surface area contributed by atoms with Crippen LogP contribution < -0.4 is 5.32 Å². The fraction of sp³-hybridized carbons (Fsp3) is 0.150. The topological polar surface area (TPSA) is 47.2 Å². The number of hydrogen-bond donors (Lipinski definition) is 1. The Morgan fingerprint density at radius 3 is 2.76 bits per heavy atom. The normalized spacial score (nSPS) is 11.1. The number of carbonyl (C=O) groups is 1. The molecule has 1 N–H and O–H groups in total. The van der Waals surface area contributed by atoms with Gasteiger partial charge in [0.25, 0.3) is 5.91 Å². The smallest absolute Gasteiger partial charge is 0.268 e. The summed E-state index contributed by atoms with van der Waals surface area (Å²) in [5.74, 6) is 1.51. The molecule has 0 saturated carbocycles. The third-order valence-corrected chi connectivity index (χ3v) is 5.01. The predicted molar refractivity (Wildman–Crippen MR) is 100.0 cm³/mol. The Labute approximate surface area is 149 Å². The van der Waals surface area contributed by atoms with Crippen LogP contribution in [-0.2, 0) is 13.1 Å². The SMILES string of the molecule is Cc1ccc(CNC(=O)c2cc3sccc3n2Cc2ccccc2)o1. The van der Waals surface area contributed by atoms with E-state index in [-0.39, 0.29) is 5.91 Å². The van der Waals surface area contributed by atoms with Gasteiger partial charge in [-0.2, -0.15) is 0 Å². The van der Waals surface area contributed by atoms with E-state index in [1.165, 1.54) is 5.56 Å². The van der Waals surface area contributed by atoms with Crippen molar-refractivity contribution < 1.29 is 9.21 Å². The number of nitrogens with one attached hydrogen (secondary N) is 1. The molecule has 0 radical (unpaired) electrons. The number of amides is 1. The van der Waals surface area contributed by atoms with Crippen LogP contribution >= 0.6 is 11.3 Å². The summed E-state index contributed by atoms with van der Waals surface area (Å²) >= 11 is 1.65. The third-order valence-electron chi connectivity index (χ3n) is 4.16. The number of benzene rings is 1. The molecule has 0 atom stereocenters. The van der Waals surface area contributed by atoms with Crippen molar-refractivity contribution in [2.24, 2.45) is 0 Å². The molecular formula is C20H18N2O2S. The number of thiophene rings is 1. The summed E-state index contributed by atoms with van der Waals surface area (Å²) in [6.07, 6.45) is 0. The van der Waals surface area contributed by atoms with Crippen LogP contribution in [-0.4, -0.2) is 10.5 Å². The second-order valence-corrected chi connectivity index (χ2v) is 6.91. The number of carbonyl (C=O) groups excluding carboxylic acids is 1. The minimum absolute atomic E-state index is 0.0895. The molecule has 3 aromatic heterocycles. The molecule has 0 spiro atoms. The zero-order valence-corrected chi connectivity index (χ0v) is 14.7. The maximum Gasteiger partial charge on any atom is 0.268 e. The number of nitrogens with zero attached hydrogens (tertiary/aromatic N) is 1. The van der Waals surface area contributed by atoms with Gasteiger partial charge < -0.3 is 14.3 Å². The number of rotatable bonds is 5. The molecule has 5 heteroatoms. The minimum atomic E-state index is -0.0895. The first kappa shape index (κ1) is 15.7. The summed E-state index contributed by atoms with van der Waals surface area (Å²) in [6.45, 7) is 2.95. The molecule has 1 aromatic carbocycles. The highest BCUT2D eigenvalue weighted by atomic mass is 32.1. The Kier molecular flexibility index (Phi) is 4.15. The molecule has 25 heavy (non-hydrogen) atoms. The average Bonchev–Trinajstić information content (AvgIpc) is 3.31. The summed E-state index contributed by atoms with van der Waals surface area (Å²) in [6, 6.07) is 18.0. The van der Waals surface area contributed by atoms with Crippen molar-refractivity contribution in [3.05, 3.63) is 82.8 Å². The molecule has 0 aliphatic rings. The van der Waals surface area contributed by atoms with Gasteiger partial charge in [0.2, 0.25) is 0 Å². The standard InChI is InChI=1S/C20H18N2O2S/c1-14-7-8-16(24-14)12-21-20(23)18-11-19-17(9-10-25-19)22(18)13-15-5-3-2-4-6-15/h2-11H,12-13H2,1H3,(H,21,23). The summed E-state index contributed by atoms with van der Waals surface area (Å²) < 4.78 is 8.71. The highest BCUT2D eigenvalue weighted by molar-refractivity contribution is 7.17. The number of furan rings is 1. The molecule has 0 unspecified atom stereocenters. The van der Waals surface area contributed by atoms with Crippen molar-refractivity contribution in [3.8, 4) is 0 Å². The van der Waals surface area contributed by atoms with Crippen LogP contribution in [0.25, 0.3) is 10.2 Å². The molecule has 0 fully saturated rings. The largest absolute Gasteiger partial charge is 0.465 e. The molecule has 126 valence electrons. The van der Waals surface area contributed by atoms with E-state index in [4.69, 9.17) is 4.42 Å². The molecular weight excluding hydrogens is 332 g/mol. The first-order chi connectivity index (χ1) is 12.2. The Bertz CT molecular complexity index is 1010. The second-order valence-electron chi connectivity index (χ2n) is 5.97. The van der Waals surface area contributed by atoms with Gasteiger partial charge in [-0.3, -0.25) is 4.79 Å². The number of hydrogen-bond acceptors (Lipinski definition) is 3. The van der Waals surface area contributed by atoms with Gasteiger partial charge in [0.15, 0.2) is 0 Å². The molecule has 4 aromatic rings. The molecule has 3 heterocycles. The van der Waals surface area contributed by atoms with E-state index in [1.807, 2.05) is 43.3 Å². The zero-order chi connectivity index (χ0) is 17.2. The lowest BCUT2D eigenvalue weighted by Crippen LogP contribution is -2.25. The van der Waals surface area contributed by atoms with E-state index in [9.17, 15) is 4.79 Å². The Hall–Kier alpha value is -2.79. The van der Waals surface area contributed by atoms with Crippen LogP contribution in [0.1, 0.15) is 27.6 Å². The lowest BCUT2D eigenvalue weighted by Gasteiger charge is -2.10. The zero-order valence-electron chi connectivity index (χ0n) is 13.9. The molecule has 0 aliphatic carbocycles. The van der Waals surface area contributed by atoms with Gasteiger partial charge in [-0.1, -0.05) is 30.3 Å². The van der Waals surface area contributed by atoms with Crippen molar-refractivity contribution in [3.63, 3.8) is 0 Å². The lowest BCUT2D eigenvalue weighted by atomic mass is 10.2. The van der Waals surface area contributed by atoms with Crippen molar-refractivity contribution in [2.45, 2.75) is 20.0 Å². The highest BCUT2D eigenvalue weighted by Gasteiger charge is 2.17. The van der Waals surface area contributed by atoms with Crippen LogP contribution in [0.4, 0.5) is 0 Å². The summed E-state index contributed by atoms with van der Waals surface area (Å²) in [4.78, 5) is 12.7. The van der Waals surface area contributed by atoms with Gasteiger partial charge in [-0.15, -0.1) is 11.3 Å². The van der Waals surface area contributed by atoms with E-state index in [2.05, 4.69) is 33.5 Å². The van der Waals surface area contributed by atoms with Crippen LogP contribution in [0.5, 0.6) is 0 Å². The first-order valence-electron chi connectivity index (χ1n) is 8.15. The fourth-order valence-corrected chi connectivity index (χ4v) is 3.76. The van der Waals surface area contributed by atoms with Crippen molar-refractivity contribution in [2.75, 3.05) is 0 Å². The number of aromatic nitrogens is 1. The molecule has 4 nitrogen and oxygen atoms in total. The third kappa shape index (κ3) is 3.23. The quantitative estimate of drug-likeness (QED) is 0.572. The molecule has 1 amide bonds. The maximum atomic E-state index is 12.7. The fourth-order valence-electron chi connectivity index (χ4n) is 2.94. The van der Waals surface area contributed by atoms with Gasteiger partial charge >= 0.3 is 0 Å². The summed E-state index contributed by atoms with van der Waals surface area (Å²) in [7, 11) is 0. The van der Waals surface area contributed by atoms with E-state index in [0.29, 0.717) is 18.8 Å². The van der Waals surface area contributed by atoms with Crippen molar-refractivity contribution in [1.82, 2.24) is 9.88 Å². The maximum absolute atomic E-state index is 12.7. The van der Waals surface area contributed by atoms with Crippen LogP contribution in [0, 0.1) is 6.92 Å². The van der Waals surface area contributed by atoms with Crippen molar-refractivity contribution in [1.29, 1.82) is 0 Å². The number of aryl methyl sites for hydroxylation is 1. The van der Waals surface area contributed by atoms with Gasteiger partial charge in [-0.25, -0.2) is 0 Å². The number of fused-ring (bicyclic) bond motifs is 1. The van der Waals surface area contributed by atoms with E-state index in [1.54, 1.807) is 11.3 Å². The van der Waals surface area contributed by atoms with Gasteiger partial charge in [-0.05, 0) is 42.1 Å². The molecule has 4 rings (SSSR count). The Balaban J connectivity index is 1.60. The van der Waals surface area contributed by atoms with Crippen molar-refractivity contribution >= 4 is 27.5 Å². The monoisotopic (exact) mass is 350 g/mol. The van der Waals surface area contributed by atoms with E-state index >= 15 is 0 Å². The summed E-state index contributed by atoms with van der Waals surface area (Å²) in [5.41, 5.74) is 2.93. The molecule has 0 saturated heterocycles. The van der Waals surface area contributed by atoms with E-state index in [0.717, 1.165) is 21.7 Å². The van der Waals surface area contributed by atoms with E-state index < -0.39 is 0 Å². The summed E-state index contributed by atoms with van der Waals surface area (Å²) in [5, 5.41) is 5.01. The van der Waals surface area contributed by atoms with Crippen LogP contribution in [0.15, 0.2) is 64.4 Å². The first-order valence-corrected chi connectivity index (χ1v) is 9.03. The van der Waals surface area contributed by atoms with Gasteiger partial charge in [0.05, 0.1) is 16.8 Å². The highest BCUT2D eigenvalue weighted by Crippen LogP contribution is 2.26. The predicted octanol–water partition coefficient (Wildman–Crippen LogP) is 4.58. The van der Waals surface area contributed by atoms with Gasteiger partial charge in [0.1, 0.15) is 17.2 Å². The van der Waals surface area contributed by atoms with Crippen LogP contribution in [0.2, 0.25) is 0 Å². The second kappa shape index (κ2) is 6.61. The lowest BCUT2D eigenvalue weighted by molar-refractivity contribution is 0.0939. The average molecular weight is 350 g/mol. The van der Waals surface area contributed by atoms with Crippen LogP contribution in [0.3, 0.4) is 0 Å². The Morgan fingerprint density at radius 2 is 2.00 bits per heavy atom. The molecule has 0 aliphatic heterocycles. The van der Waals surface area contributed by atoms with Gasteiger partial charge in [0, 0.05) is 6.54 Å². The minimum Gasteiger partial charge on any atom is -0.465 e. The molecule has 0 bridgehead atoms.